The second kappa shape index (κ2) is 9.24. The van der Waals surface area contributed by atoms with Gasteiger partial charge in [0.05, 0.1) is 10.6 Å². The van der Waals surface area contributed by atoms with Crippen LogP contribution in [0.5, 0.6) is 0 Å². The molecule has 0 radical (unpaired) electrons. The van der Waals surface area contributed by atoms with Gasteiger partial charge in [-0.1, -0.05) is 0 Å². The number of nitrogens with one attached hydrogen (secondary N) is 2. The second-order valence-corrected chi connectivity index (χ2v) is 10.4. The first-order valence-electron chi connectivity index (χ1n) is 10.9. The van der Waals surface area contributed by atoms with E-state index in [9.17, 15) is 13.2 Å². The summed E-state index contributed by atoms with van der Waals surface area (Å²) in [5.74, 6) is 1.24. The summed E-state index contributed by atoms with van der Waals surface area (Å²) in [6.45, 7) is 2.62. The highest BCUT2D eigenvalue weighted by Gasteiger charge is 2.28. The Morgan fingerprint density at radius 1 is 1.06 bits per heavy atom. The van der Waals surface area contributed by atoms with E-state index in [2.05, 4.69) is 15.6 Å². The molecule has 2 aromatic heterocycles. The number of pyridine rings is 2. The largest absolute Gasteiger partial charge is 0.356 e. The van der Waals surface area contributed by atoms with E-state index in [4.69, 9.17) is 4.98 Å². The van der Waals surface area contributed by atoms with Gasteiger partial charge in [0.25, 0.3) is 0 Å². The van der Waals surface area contributed by atoms with Gasteiger partial charge in [-0.25, -0.2) is 13.4 Å². The molecule has 2 N–H and O–H groups in total. The fourth-order valence-electron chi connectivity index (χ4n) is 4.36. The third kappa shape index (κ3) is 4.91. The van der Waals surface area contributed by atoms with Gasteiger partial charge in [0, 0.05) is 53.5 Å². The van der Waals surface area contributed by atoms with Crippen LogP contribution in [0.15, 0.2) is 53.7 Å². The maximum atomic E-state index is 12.2. The Bertz CT molecular complexity index is 1220. The number of benzene rings is 1. The van der Waals surface area contributed by atoms with Crippen LogP contribution >= 0.6 is 0 Å². The van der Waals surface area contributed by atoms with Gasteiger partial charge in [-0.05, 0) is 69.0 Å². The molecule has 1 amide bonds. The average molecular weight is 453 g/mol. The summed E-state index contributed by atoms with van der Waals surface area (Å²) >= 11 is 0. The van der Waals surface area contributed by atoms with Crippen LogP contribution in [0.25, 0.3) is 10.8 Å². The predicted molar refractivity (Wildman–Crippen MR) is 126 cm³/mol. The SMILES string of the molecule is CCNC(=O)C1CCC(c2nccc3cnc(Nc4ccc(S(C)(=O)=O)cc4)cc23)CC1. The molecule has 0 spiro atoms. The third-order valence-corrected chi connectivity index (χ3v) is 7.20. The molecule has 0 saturated heterocycles. The molecular formula is C24H28N4O3S. The Morgan fingerprint density at radius 3 is 2.44 bits per heavy atom. The summed E-state index contributed by atoms with van der Waals surface area (Å²) in [6, 6.07) is 10.6. The van der Waals surface area contributed by atoms with Gasteiger partial charge in [0.2, 0.25) is 5.91 Å². The lowest BCUT2D eigenvalue weighted by Gasteiger charge is -2.28. The number of fused-ring (bicyclic) bond motifs is 1. The normalized spacial score (nSPS) is 18.9. The molecule has 3 aromatic rings. The Morgan fingerprint density at radius 2 is 1.78 bits per heavy atom. The van der Waals surface area contributed by atoms with Gasteiger partial charge >= 0.3 is 0 Å². The molecule has 8 heteroatoms. The van der Waals surface area contributed by atoms with E-state index in [1.54, 1.807) is 24.3 Å². The summed E-state index contributed by atoms with van der Waals surface area (Å²) in [4.78, 5) is 21.7. The lowest BCUT2D eigenvalue weighted by atomic mass is 9.79. The summed E-state index contributed by atoms with van der Waals surface area (Å²) in [5.41, 5.74) is 1.81. The summed E-state index contributed by atoms with van der Waals surface area (Å²) < 4.78 is 23.3. The van der Waals surface area contributed by atoms with Crippen molar-refractivity contribution in [1.29, 1.82) is 0 Å². The van der Waals surface area contributed by atoms with Crippen molar-refractivity contribution >= 4 is 38.0 Å². The van der Waals surface area contributed by atoms with Crippen LogP contribution < -0.4 is 10.6 Å². The van der Waals surface area contributed by atoms with Gasteiger partial charge < -0.3 is 10.6 Å². The van der Waals surface area contributed by atoms with Crippen molar-refractivity contribution < 1.29 is 13.2 Å². The topological polar surface area (TPSA) is 101 Å². The van der Waals surface area contributed by atoms with Crippen molar-refractivity contribution in [3.8, 4) is 0 Å². The second-order valence-electron chi connectivity index (χ2n) is 8.35. The van der Waals surface area contributed by atoms with Crippen LogP contribution in [0.4, 0.5) is 11.5 Å². The fourth-order valence-corrected chi connectivity index (χ4v) is 4.99. The number of nitrogens with zero attached hydrogens (tertiary/aromatic N) is 2. The van der Waals surface area contributed by atoms with E-state index < -0.39 is 9.84 Å². The maximum absolute atomic E-state index is 12.2. The van der Waals surface area contributed by atoms with Gasteiger partial charge in [0.1, 0.15) is 5.82 Å². The zero-order valence-corrected chi connectivity index (χ0v) is 19.2. The van der Waals surface area contributed by atoms with Crippen LogP contribution in [0, 0.1) is 5.92 Å². The van der Waals surface area contributed by atoms with E-state index in [0.717, 1.165) is 47.8 Å². The Kier molecular flexibility index (Phi) is 6.41. The number of hydrogen-bond acceptors (Lipinski definition) is 6. The Hall–Kier alpha value is -3.00. The molecule has 0 aliphatic heterocycles. The van der Waals surface area contributed by atoms with Crippen LogP contribution in [0.2, 0.25) is 0 Å². The number of rotatable bonds is 6. The minimum atomic E-state index is -3.23. The minimum Gasteiger partial charge on any atom is -0.356 e. The predicted octanol–water partition coefficient (Wildman–Crippen LogP) is 4.19. The van der Waals surface area contributed by atoms with Crippen molar-refractivity contribution in [3.63, 3.8) is 0 Å². The molecule has 1 aromatic carbocycles. The molecule has 168 valence electrons. The molecule has 1 fully saturated rings. The van der Waals surface area contributed by atoms with E-state index in [-0.39, 0.29) is 16.7 Å². The number of aromatic nitrogens is 2. The van der Waals surface area contributed by atoms with Crippen molar-refractivity contribution in [2.45, 2.75) is 43.4 Å². The van der Waals surface area contributed by atoms with Gasteiger partial charge in [-0.15, -0.1) is 0 Å². The molecule has 2 heterocycles. The summed E-state index contributed by atoms with van der Waals surface area (Å²) in [6.07, 6.45) is 8.46. The lowest BCUT2D eigenvalue weighted by Crippen LogP contribution is -2.32. The minimum absolute atomic E-state index is 0.0926. The molecule has 0 unspecified atom stereocenters. The molecule has 32 heavy (non-hydrogen) atoms. The first-order chi connectivity index (χ1) is 15.3. The summed E-state index contributed by atoms with van der Waals surface area (Å²) in [5, 5.41) is 8.27. The highest BCUT2D eigenvalue weighted by molar-refractivity contribution is 7.90. The number of sulfone groups is 1. The van der Waals surface area contributed by atoms with Crippen LogP contribution in [-0.2, 0) is 14.6 Å². The van der Waals surface area contributed by atoms with Crippen molar-refractivity contribution in [3.05, 3.63) is 54.5 Å². The highest BCUT2D eigenvalue weighted by atomic mass is 32.2. The molecule has 1 saturated carbocycles. The molecule has 4 rings (SSSR count). The molecule has 1 aliphatic rings. The average Bonchev–Trinajstić information content (AvgIpc) is 2.79. The van der Waals surface area contributed by atoms with E-state index in [1.807, 2.05) is 31.5 Å². The van der Waals surface area contributed by atoms with Gasteiger partial charge in [-0.2, -0.15) is 0 Å². The van der Waals surface area contributed by atoms with Crippen molar-refractivity contribution in [2.75, 3.05) is 18.1 Å². The van der Waals surface area contributed by atoms with Crippen LogP contribution in [0.1, 0.15) is 44.2 Å². The Labute approximate surface area is 188 Å². The molecule has 0 bridgehead atoms. The summed E-state index contributed by atoms with van der Waals surface area (Å²) in [7, 11) is -3.23. The quantitative estimate of drug-likeness (QED) is 0.582. The monoisotopic (exact) mass is 452 g/mol. The first kappa shape index (κ1) is 22.2. The number of carbonyl (C=O) groups is 1. The fraction of sp³-hybridized carbons (Fsp3) is 0.375. The van der Waals surface area contributed by atoms with E-state index >= 15 is 0 Å². The molecule has 7 nitrogen and oxygen atoms in total. The zero-order valence-electron chi connectivity index (χ0n) is 18.3. The molecule has 0 atom stereocenters. The standard InChI is InChI=1S/C24H28N4O3S/c1-3-25-24(29)17-6-4-16(5-7-17)23-21-14-22(27-15-18(21)12-13-26-23)28-19-8-10-20(11-9-19)32(2,30)31/h8-17H,3-7H2,1-2H3,(H,25,29)(H,27,28). The van der Waals surface area contributed by atoms with Crippen molar-refractivity contribution in [2.24, 2.45) is 5.92 Å². The number of amides is 1. The number of carbonyl (C=O) groups excluding carboxylic acids is 1. The van der Waals surface area contributed by atoms with E-state index in [0.29, 0.717) is 18.3 Å². The lowest BCUT2D eigenvalue weighted by molar-refractivity contribution is -0.125. The van der Waals surface area contributed by atoms with Gasteiger partial charge in [-0.3, -0.25) is 9.78 Å². The smallest absolute Gasteiger partial charge is 0.223 e. The number of hydrogen-bond donors (Lipinski definition) is 2. The van der Waals surface area contributed by atoms with Crippen molar-refractivity contribution in [1.82, 2.24) is 15.3 Å². The maximum Gasteiger partial charge on any atom is 0.223 e. The number of anilines is 2. The van der Waals surface area contributed by atoms with Crippen LogP contribution in [0.3, 0.4) is 0 Å². The highest BCUT2D eigenvalue weighted by Crippen LogP contribution is 2.38. The third-order valence-electron chi connectivity index (χ3n) is 6.07. The van der Waals surface area contributed by atoms with Gasteiger partial charge in [0.15, 0.2) is 9.84 Å². The first-order valence-corrected chi connectivity index (χ1v) is 12.8. The molecular weight excluding hydrogens is 424 g/mol. The molecule has 1 aliphatic carbocycles. The van der Waals surface area contributed by atoms with E-state index in [1.165, 1.54) is 6.26 Å². The van der Waals surface area contributed by atoms with Crippen LogP contribution in [-0.4, -0.2) is 37.1 Å². The Balaban J connectivity index is 1.54. The zero-order chi connectivity index (χ0) is 22.7.